The Labute approximate surface area is 156 Å². The zero-order chi connectivity index (χ0) is 20.0. The molecule has 0 bridgehead atoms. The lowest BCUT2D eigenvalue weighted by molar-refractivity contribution is -0.384. The van der Waals surface area contributed by atoms with Crippen LogP contribution in [0.15, 0.2) is 52.5 Å². The second-order valence-corrected chi connectivity index (χ2v) is 7.38. The Morgan fingerprint density at radius 2 is 1.81 bits per heavy atom. The number of sulfonamides is 1. The van der Waals surface area contributed by atoms with E-state index in [1.807, 2.05) is 0 Å². The molecule has 0 spiro atoms. The van der Waals surface area contributed by atoms with Crippen molar-refractivity contribution in [3.05, 3.63) is 64.0 Å². The van der Waals surface area contributed by atoms with Gasteiger partial charge in [-0.25, -0.2) is 12.8 Å². The van der Waals surface area contributed by atoms with Crippen molar-refractivity contribution >= 4 is 27.6 Å². The Kier molecular flexibility index (Phi) is 6.59. The molecule has 0 unspecified atom stereocenters. The molecule has 0 aromatic heterocycles. The van der Waals surface area contributed by atoms with Gasteiger partial charge in [-0.15, -0.1) is 0 Å². The maximum atomic E-state index is 12.9. The summed E-state index contributed by atoms with van der Waals surface area (Å²) in [6, 6.07) is 9.09. The molecule has 0 amide bonds. The van der Waals surface area contributed by atoms with Gasteiger partial charge in [0, 0.05) is 19.2 Å². The summed E-state index contributed by atoms with van der Waals surface area (Å²) in [7, 11) is -3.81. The van der Waals surface area contributed by atoms with Gasteiger partial charge in [-0.05, 0) is 29.8 Å². The third-order valence-corrected chi connectivity index (χ3v) is 5.82. The summed E-state index contributed by atoms with van der Waals surface area (Å²) in [5.74, 6) is -0.388. The minimum absolute atomic E-state index is 0.0388. The van der Waals surface area contributed by atoms with Crippen LogP contribution in [0.2, 0.25) is 0 Å². The second kappa shape index (κ2) is 8.69. The van der Waals surface area contributed by atoms with Crippen LogP contribution in [0.3, 0.4) is 0 Å². The van der Waals surface area contributed by atoms with Gasteiger partial charge < -0.3 is 0 Å². The standard InChI is InChI=1S/C17H19FN4O4S/c1-3-21(4-2)27(25,26)15-9-10-16(17(11-15)22(23)24)20-19-12-13-5-7-14(18)8-6-13/h5-12,20H,3-4H2,1-2H3. The lowest BCUT2D eigenvalue weighted by Gasteiger charge is -2.18. The molecule has 0 fully saturated rings. The quantitative estimate of drug-likeness (QED) is 0.420. The fourth-order valence-electron chi connectivity index (χ4n) is 2.36. The third-order valence-electron chi connectivity index (χ3n) is 3.78. The van der Waals surface area contributed by atoms with Gasteiger partial charge in [-0.3, -0.25) is 15.5 Å². The highest BCUT2D eigenvalue weighted by atomic mass is 32.2. The maximum absolute atomic E-state index is 12.9. The van der Waals surface area contributed by atoms with Crippen molar-refractivity contribution in [3.63, 3.8) is 0 Å². The molecule has 0 atom stereocenters. The molecule has 10 heteroatoms. The van der Waals surface area contributed by atoms with Crippen LogP contribution in [-0.2, 0) is 10.0 Å². The smallest absolute Gasteiger partial charge is 0.272 e. The van der Waals surface area contributed by atoms with Crippen molar-refractivity contribution in [2.75, 3.05) is 18.5 Å². The molecule has 8 nitrogen and oxygen atoms in total. The number of benzene rings is 2. The van der Waals surface area contributed by atoms with E-state index in [1.54, 1.807) is 13.8 Å². The first-order valence-electron chi connectivity index (χ1n) is 8.12. The molecule has 0 saturated heterocycles. The van der Waals surface area contributed by atoms with E-state index in [4.69, 9.17) is 0 Å². The first kappa shape index (κ1) is 20.5. The number of halogens is 1. The van der Waals surface area contributed by atoms with Crippen LogP contribution in [0.5, 0.6) is 0 Å². The number of nitrogens with zero attached hydrogens (tertiary/aromatic N) is 3. The van der Waals surface area contributed by atoms with Gasteiger partial charge in [0.2, 0.25) is 10.0 Å². The maximum Gasteiger partial charge on any atom is 0.295 e. The first-order valence-corrected chi connectivity index (χ1v) is 9.56. The van der Waals surface area contributed by atoms with Crippen LogP contribution in [0, 0.1) is 15.9 Å². The van der Waals surface area contributed by atoms with Crippen molar-refractivity contribution in [1.82, 2.24) is 4.31 Å². The van der Waals surface area contributed by atoms with Crippen molar-refractivity contribution in [2.45, 2.75) is 18.7 Å². The number of nitro benzene ring substituents is 1. The number of nitro groups is 1. The third kappa shape index (κ3) is 4.86. The number of hydrazone groups is 1. The van der Waals surface area contributed by atoms with Crippen molar-refractivity contribution in [3.8, 4) is 0 Å². The molecule has 144 valence electrons. The molecule has 0 saturated carbocycles. The van der Waals surface area contributed by atoms with Gasteiger partial charge in [0.1, 0.15) is 11.5 Å². The van der Waals surface area contributed by atoms with E-state index < -0.39 is 20.6 Å². The number of rotatable bonds is 8. The number of hydrogen-bond acceptors (Lipinski definition) is 6. The predicted molar refractivity (Wildman–Crippen MR) is 101 cm³/mol. The number of nitrogens with one attached hydrogen (secondary N) is 1. The molecular weight excluding hydrogens is 375 g/mol. The normalized spacial score (nSPS) is 11.9. The zero-order valence-electron chi connectivity index (χ0n) is 14.8. The van der Waals surface area contributed by atoms with Gasteiger partial charge in [0.05, 0.1) is 16.0 Å². The monoisotopic (exact) mass is 394 g/mol. The summed E-state index contributed by atoms with van der Waals surface area (Å²) in [5, 5.41) is 15.2. The molecule has 27 heavy (non-hydrogen) atoms. The van der Waals surface area contributed by atoms with Crippen molar-refractivity contribution in [2.24, 2.45) is 5.10 Å². The fourth-order valence-corrected chi connectivity index (χ4v) is 3.83. The Morgan fingerprint density at radius 3 is 2.37 bits per heavy atom. The molecule has 2 aromatic carbocycles. The summed E-state index contributed by atoms with van der Waals surface area (Å²) in [5.41, 5.74) is 2.73. The van der Waals surface area contributed by atoms with Crippen LogP contribution in [0.25, 0.3) is 0 Å². The number of anilines is 1. The van der Waals surface area contributed by atoms with Gasteiger partial charge in [0.25, 0.3) is 5.69 Å². The van der Waals surface area contributed by atoms with Crippen LogP contribution >= 0.6 is 0 Å². The lowest BCUT2D eigenvalue weighted by atomic mass is 10.2. The summed E-state index contributed by atoms with van der Waals surface area (Å²) in [4.78, 5) is 10.5. The molecule has 2 rings (SSSR count). The topological polar surface area (TPSA) is 105 Å². The van der Waals surface area contributed by atoms with Crippen LogP contribution < -0.4 is 5.43 Å². The lowest BCUT2D eigenvalue weighted by Crippen LogP contribution is -2.30. The minimum atomic E-state index is -3.81. The largest absolute Gasteiger partial charge is 0.295 e. The molecule has 0 aliphatic carbocycles. The van der Waals surface area contributed by atoms with Gasteiger partial charge in [0.15, 0.2) is 0 Å². The van der Waals surface area contributed by atoms with Gasteiger partial charge >= 0.3 is 0 Å². The van der Waals surface area contributed by atoms with Gasteiger partial charge in [-0.2, -0.15) is 9.41 Å². The highest BCUT2D eigenvalue weighted by molar-refractivity contribution is 7.89. The Morgan fingerprint density at radius 1 is 1.19 bits per heavy atom. The summed E-state index contributed by atoms with van der Waals surface area (Å²) in [6.45, 7) is 3.90. The van der Waals surface area contributed by atoms with Gasteiger partial charge in [-0.1, -0.05) is 26.0 Å². The van der Waals surface area contributed by atoms with E-state index in [9.17, 15) is 22.9 Å². The molecular formula is C17H19FN4O4S. The van der Waals surface area contributed by atoms with E-state index >= 15 is 0 Å². The number of hydrogen-bond donors (Lipinski definition) is 1. The average Bonchev–Trinajstić information content (AvgIpc) is 2.64. The molecule has 0 aliphatic heterocycles. The van der Waals surface area contributed by atoms with Crippen LogP contribution in [0.4, 0.5) is 15.8 Å². The Balaban J connectivity index is 2.30. The zero-order valence-corrected chi connectivity index (χ0v) is 15.6. The van der Waals surface area contributed by atoms with Crippen LogP contribution in [0.1, 0.15) is 19.4 Å². The van der Waals surface area contributed by atoms with E-state index in [0.29, 0.717) is 5.56 Å². The Hall–Kier alpha value is -2.85. The molecule has 2 aromatic rings. The second-order valence-electron chi connectivity index (χ2n) is 5.45. The predicted octanol–water partition coefficient (Wildman–Crippen LogP) is 3.21. The van der Waals surface area contributed by atoms with Crippen molar-refractivity contribution < 1.29 is 17.7 Å². The minimum Gasteiger partial charge on any atom is -0.272 e. The van der Waals surface area contributed by atoms with E-state index in [0.717, 1.165) is 6.07 Å². The molecule has 1 N–H and O–H groups in total. The van der Waals surface area contributed by atoms with E-state index in [1.165, 1.54) is 46.9 Å². The highest BCUT2D eigenvalue weighted by Crippen LogP contribution is 2.29. The summed E-state index contributed by atoms with van der Waals surface area (Å²) in [6.07, 6.45) is 1.36. The van der Waals surface area contributed by atoms with E-state index in [-0.39, 0.29) is 29.5 Å². The summed E-state index contributed by atoms with van der Waals surface area (Å²) >= 11 is 0. The Bertz CT molecular complexity index is 942. The fraction of sp³-hybridized carbons (Fsp3) is 0.235. The average molecular weight is 394 g/mol. The molecule has 0 heterocycles. The van der Waals surface area contributed by atoms with E-state index in [2.05, 4.69) is 10.5 Å². The summed E-state index contributed by atoms with van der Waals surface area (Å²) < 4.78 is 39.1. The first-order chi connectivity index (χ1) is 12.8. The molecule has 0 radical (unpaired) electrons. The molecule has 0 aliphatic rings. The van der Waals surface area contributed by atoms with Crippen molar-refractivity contribution in [1.29, 1.82) is 0 Å². The SMILES string of the molecule is CCN(CC)S(=O)(=O)c1ccc(NN=Cc2ccc(F)cc2)c([N+](=O)[O-])c1. The highest BCUT2D eigenvalue weighted by Gasteiger charge is 2.25. The van der Waals surface area contributed by atoms with Crippen LogP contribution in [-0.4, -0.2) is 37.0 Å².